The summed E-state index contributed by atoms with van der Waals surface area (Å²) in [7, 11) is 0. The summed E-state index contributed by atoms with van der Waals surface area (Å²) in [5.41, 5.74) is 9.94. The first-order valence-corrected chi connectivity index (χ1v) is 6.15. The number of fused-ring (bicyclic) bond motifs is 1. The fourth-order valence-corrected chi connectivity index (χ4v) is 2.54. The third-order valence-corrected chi connectivity index (χ3v) is 3.34. The van der Waals surface area contributed by atoms with Gasteiger partial charge in [0.1, 0.15) is 0 Å². The molecule has 0 saturated carbocycles. The number of amides is 1. The predicted molar refractivity (Wildman–Crippen MR) is 77.0 cm³/mol. The van der Waals surface area contributed by atoms with Gasteiger partial charge in [0.2, 0.25) is 0 Å². The maximum atomic E-state index is 11.7. The summed E-state index contributed by atoms with van der Waals surface area (Å²) in [5.74, 6) is -0.396. The Morgan fingerprint density at radius 3 is 2.47 bits per heavy atom. The molecule has 3 N–H and O–H groups in total. The highest BCUT2D eigenvalue weighted by molar-refractivity contribution is 6.12. The van der Waals surface area contributed by atoms with E-state index in [0.29, 0.717) is 5.56 Å². The number of benzene rings is 2. The maximum Gasteiger partial charge on any atom is 0.251 e. The van der Waals surface area contributed by atoms with Crippen LogP contribution in [-0.2, 0) is 0 Å². The van der Waals surface area contributed by atoms with Crippen LogP contribution in [0.3, 0.4) is 0 Å². The maximum absolute atomic E-state index is 11.7. The summed E-state index contributed by atoms with van der Waals surface area (Å²) in [6.07, 6.45) is 0. The van der Waals surface area contributed by atoms with E-state index in [4.69, 9.17) is 5.73 Å². The molecule has 1 heterocycles. The van der Waals surface area contributed by atoms with Crippen LogP contribution < -0.4 is 5.73 Å². The summed E-state index contributed by atoms with van der Waals surface area (Å²) in [6, 6.07) is 15.9. The van der Waals surface area contributed by atoms with Crippen LogP contribution in [0.5, 0.6) is 0 Å². The van der Waals surface area contributed by atoms with E-state index in [1.165, 1.54) is 0 Å². The van der Waals surface area contributed by atoms with E-state index in [9.17, 15) is 4.79 Å². The number of H-pyrrole nitrogens is 1. The van der Waals surface area contributed by atoms with Gasteiger partial charge in [0.05, 0.1) is 5.56 Å². The van der Waals surface area contributed by atoms with Crippen LogP contribution in [0.2, 0.25) is 0 Å². The highest BCUT2D eigenvalue weighted by Crippen LogP contribution is 2.32. The van der Waals surface area contributed by atoms with Crippen molar-refractivity contribution in [3.05, 3.63) is 59.8 Å². The SMILES string of the molecule is Cc1[nH]c2cccc(-c3ccccc3)c2c1C(N)=O. The van der Waals surface area contributed by atoms with Crippen molar-refractivity contribution in [3.8, 4) is 11.1 Å². The second-order valence-electron chi connectivity index (χ2n) is 4.58. The molecule has 0 radical (unpaired) electrons. The molecule has 19 heavy (non-hydrogen) atoms. The molecule has 1 amide bonds. The van der Waals surface area contributed by atoms with E-state index in [0.717, 1.165) is 27.7 Å². The largest absolute Gasteiger partial charge is 0.366 e. The van der Waals surface area contributed by atoms with Gasteiger partial charge >= 0.3 is 0 Å². The smallest absolute Gasteiger partial charge is 0.251 e. The number of aryl methyl sites for hydroxylation is 1. The molecule has 0 atom stereocenters. The average molecular weight is 250 g/mol. The summed E-state index contributed by atoms with van der Waals surface area (Å²) < 4.78 is 0. The molecule has 0 aliphatic heterocycles. The third kappa shape index (κ3) is 1.80. The van der Waals surface area contributed by atoms with Gasteiger partial charge in [-0.05, 0) is 24.1 Å². The van der Waals surface area contributed by atoms with Crippen molar-refractivity contribution in [3.63, 3.8) is 0 Å². The lowest BCUT2D eigenvalue weighted by molar-refractivity contribution is 0.100. The van der Waals surface area contributed by atoms with Crippen molar-refractivity contribution >= 4 is 16.8 Å². The van der Waals surface area contributed by atoms with Gasteiger partial charge < -0.3 is 10.7 Å². The molecule has 0 bridgehead atoms. The van der Waals surface area contributed by atoms with Crippen LogP contribution in [0.4, 0.5) is 0 Å². The highest BCUT2D eigenvalue weighted by Gasteiger charge is 2.16. The van der Waals surface area contributed by atoms with Crippen LogP contribution >= 0.6 is 0 Å². The first kappa shape index (κ1) is 11.5. The van der Waals surface area contributed by atoms with E-state index in [-0.39, 0.29) is 0 Å². The average Bonchev–Trinajstić information content (AvgIpc) is 2.75. The fraction of sp³-hybridized carbons (Fsp3) is 0.0625. The quantitative estimate of drug-likeness (QED) is 0.720. The van der Waals surface area contributed by atoms with Crippen LogP contribution in [0.25, 0.3) is 22.0 Å². The summed E-state index contributed by atoms with van der Waals surface area (Å²) in [4.78, 5) is 14.9. The number of hydrogen-bond donors (Lipinski definition) is 2. The van der Waals surface area contributed by atoms with Gasteiger partial charge in [-0.3, -0.25) is 4.79 Å². The Bertz CT molecular complexity index is 757. The van der Waals surface area contributed by atoms with E-state index in [2.05, 4.69) is 4.98 Å². The molecule has 3 heteroatoms. The highest BCUT2D eigenvalue weighted by atomic mass is 16.1. The Labute approximate surface area is 111 Å². The number of carbonyl (C=O) groups excluding carboxylic acids is 1. The molecule has 3 aromatic rings. The lowest BCUT2D eigenvalue weighted by atomic mass is 9.98. The number of aromatic amines is 1. The number of nitrogens with one attached hydrogen (secondary N) is 1. The first-order valence-electron chi connectivity index (χ1n) is 6.15. The number of aromatic nitrogens is 1. The normalized spacial score (nSPS) is 10.8. The minimum atomic E-state index is -0.396. The zero-order chi connectivity index (χ0) is 13.4. The molecule has 0 unspecified atom stereocenters. The number of rotatable bonds is 2. The second-order valence-corrected chi connectivity index (χ2v) is 4.58. The number of hydrogen-bond acceptors (Lipinski definition) is 1. The number of carbonyl (C=O) groups is 1. The van der Waals surface area contributed by atoms with E-state index >= 15 is 0 Å². The molecular weight excluding hydrogens is 236 g/mol. The zero-order valence-corrected chi connectivity index (χ0v) is 10.6. The molecule has 3 nitrogen and oxygen atoms in total. The van der Waals surface area contributed by atoms with Crippen molar-refractivity contribution in [2.75, 3.05) is 0 Å². The van der Waals surface area contributed by atoms with Crippen molar-refractivity contribution in [1.29, 1.82) is 0 Å². The molecule has 2 aromatic carbocycles. The standard InChI is InChI=1S/C16H14N2O/c1-10-14(16(17)19)15-12(8-5-9-13(15)18-10)11-6-3-2-4-7-11/h2-9,18H,1H3,(H2,17,19). The molecule has 0 fully saturated rings. The molecule has 0 aliphatic carbocycles. The van der Waals surface area contributed by atoms with E-state index in [1.54, 1.807) is 0 Å². The molecule has 0 aliphatic rings. The molecule has 3 rings (SSSR count). The summed E-state index contributed by atoms with van der Waals surface area (Å²) in [6.45, 7) is 1.87. The Morgan fingerprint density at radius 1 is 1.05 bits per heavy atom. The Morgan fingerprint density at radius 2 is 1.79 bits per heavy atom. The van der Waals surface area contributed by atoms with Gasteiger partial charge in [0.15, 0.2) is 0 Å². The van der Waals surface area contributed by atoms with Gasteiger partial charge in [-0.15, -0.1) is 0 Å². The molecular formula is C16H14N2O. The van der Waals surface area contributed by atoms with Crippen LogP contribution in [0, 0.1) is 6.92 Å². The van der Waals surface area contributed by atoms with Crippen LogP contribution in [-0.4, -0.2) is 10.9 Å². The molecule has 0 spiro atoms. The van der Waals surface area contributed by atoms with Crippen molar-refractivity contribution in [1.82, 2.24) is 4.98 Å². The zero-order valence-electron chi connectivity index (χ0n) is 10.6. The van der Waals surface area contributed by atoms with Crippen LogP contribution in [0.1, 0.15) is 16.1 Å². The van der Waals surface area contributed by atoms with Gasteiger partial charge in [0.25, 0.3) is 5.91 Å². The van der Waals surface area contributed by atoms with Gasteiger partial charge in [-0.25, -0.2) is 0 Å². The van der Waals surface area contributed by atoms with Crippen molar-refractivity contribution in [2.45, 2.75) is 6.92 Å². The second kappa shape index (κ2) is 4.28. The Balaban J connectivity index is 2.40. The fourth-order valence-electron chi connectivity index (χ4n) is 2.54. The number of nitrogens with two attached hydrogens (primary N) is 1. The minimum absolute atomic E-state index is 0.396. The van der Waals surface area contributed by atoms with Crippen molar-refractivity contribution < 1.29 is 4.79 Å². The lowest BCUT2D eigenvalue weighted by Crippen LogP contribution is -2.11. The summed E-state index contributed by atoms with van der Waals surface area (Å²) >= 11 is 0. The van der Waals surface area contributed by atoms with Crippen molar-refractivity contribution in [2.24, 2.45) is 5.73 Å². The molecule has 0 saturated heterocycles. The monoisotopic (exact) mass is 250 g/mol. The molecule has 1 aromatic heterocycles. The van der Waals surface area contributed by atoms with Gasteiger partial charge in [-0.1, -0.05) is 42.5 Å². The van der Waals surface area contributed by atoms with E-state index < -0.39 is 5.91 Å². The number of primary amides is 1. The lowest BCUT2D eigenvalue weighted by Gasteiger charge is -2.05. The predicted octanol–water partition coefficient (Wildman–Crippen LogP) is 3.24. The Hall–Kier alpha value is -2.55. The summed E-state index contributed by atoms with van der Waals surface area (Å²) in [5, 5.41) is 0.902. The third-order valence-electron chi connectivity index (χ3n) is 3.34. The topological polar surface area (TPSA) is 58.9 Å². The van der Waals surface area contributed by atoms with E-state index in [1.807, 2.05) is 55.5 Å². The van der Waals surface area contributed by atoms with Crippen LogP contribution in [0.15, 0.2) is 48.5 Å². The van der Waals surface area contributed by atoms with Gasteiger partial charge in [0, 0.05) is 16.6 Å². The molecule has 94 valence electrons. The minimum Gasteiger partial charge on any atom is -0.366 e. The van der Waals surface area contributed by atoms with Gasteiger partial charge in [-0.2, -0.15) is 0 Å². The first-order chi connectivity index (χ1) is 9.18. The Kier molecular flexibility index (Phi) is 2.60.